The Hall–Kier alpha value is -3.77. The zero-order valence-corrected chi connectivity index (χ0v) is 17.8. The van der Waals surface area contributed by atoms with Crippen LogP contribution in [0.2, 0.25) is 0 Å². The van der Waals surface area contributed by atoms with E-state index in [1.807, 2.05) is 78.9 Å². The molecule has 3 aromatic carbocycles. The van der Waals surface area contributed by atoms with Crippen molar-refractivity contribution in [3.05, 3.63) is 102 Å². The maximum absolute atomic E-state index is 11.0. The zero-order valence-electron chi connectivity index (χ0n) is 17.8. The molecule has 0 aromatic heterocycles. The number of rotatable bonds is 10. The van der Waals surface area contributed by atoms with Crippen molar-refractivity contribution in [3.8, 4) is 5.75 Å². The molecule has 0 saturated heterocycles. The highest BCUT2D eigenvalue weighted by Gasteiger charge is 2.43. The van der Waals surface area contributed by atoms with Crippen molar-refractivity contribution in [1.29, 1.82) is 0 Å². The predicted molar refractivity (Wildman–Crippen MR) is 124 cm³/mol. The fourth-order valence-corrected chi connectivity index (χ4v) is 3.58. The predicted octanol–water partition coefficient (Wildman–Crippen LogP) is 5.02. The van der Waals surface area contributed by atoms with Crippen LogP contribution in [-0.2, 0) is 16.2 Å². The Morgan fingerprint density at radius 3 is 2.38 bits per heavy atom. The highest BCUT2D eigenvalue weighted by molar-refractivity contribution is 5.75. The lowest BCUT2D eigenvalue weighted by molar-refractivity contribution is -0.138. The molecule has 1 saturated carbocycles. The summed E-state index contributed by atoms with van der Waals surface area (Å²) in [5.74, 6) is -0.0451. The minimum atomic E-state index is -0.702. The highest BCUT2D eigenvalue weighted by Crippen LogP contribution is 2.47. The van der Waals surface area contributed by atoms with E-state index in [-0.39, 0.29) is 11.8 Å². The molecule has 3 N–H and O–H groups in total. The van der Waals surface area contributed by atoms with Crippen LogP contribution in [0.4, 0.5) is 5.69 Å². The van der Waals surface area contributed by atoms with Crippen molar-refractivity contribution in [3.63, 3.8) is 0 Å². The summed E-state index contributed by atoms with van der Waals surface area (Å²) < 4.78 is 5.79. The highest BCUT2D eigenvalue weighted by atomic mass is 16.6. The van der Waals surface area contributed by atoms with Crippen LogP contribution in [0.3, 0.4) is 0 Å². The molecule has 0 radical (unpaired) electrons. The molecule has 1 aliphatic rings. The van der Waals surface area contributed by atoms with Crippen molar-refractivity contribution < 1.29 is 19.5 Å². The molecular formula is C26H26N2O4. The number of hydrogen-bond acceptors (Lipinski definition) is 5. The monoisotopic (exact) mass is 430 g/mol. The van der Waals surface area contributed by atoms with Crippen molar-refractivity contribution in [2.45, 2.75) is 18.9 Å². The molecule has 6 heteroatoms. The van der Waals surface area contributed by atoms with Gasteiger partial charge in [0.05, 0.1) is 13.0 Å². The van der Waals surface area contributed by atoms with E-state index < -0.39 is 5.97 Å². The number of carboxylic acids is 1. The number of anilines is 1. The van der Waals surface area contributed by atoms with Crippen LogP contribution >= 0.6 is 0 Å². The zero-order chi connectivity index (χ0) is 22.3. The van der Waals surface area contributed by atoms with E-state index in [0.29, 0.717) is 6.54 Å². The van der Waals surface area contributed by atoms with Gasteiger partial charge in [-0.25, -0.2) is 0 Å². The number of hydroxylamine groups is 1. The van der Waals surface area contributed by atoms with Crippen LogP contribution in [0.1, 0.15) is 29.0 Å². The lowest BCUT2D eigenvalue weighted by Crippen LogP contribution is -2.11. The first-order valence-electron chi connectivity index (χ1n) is 10.5. The number of nitrogens with one attached hydrogen (secondary N) is 2. The molecule has 2 atom stereocenters. The van der Waals surface area contributed by atoms with Crippen molar-refractivity contribution in [2.75, 3.05) is 12.4 Å². The van der Waals surface area contributed by atoms with Crippen LogP contribution in [0, 0.1) is 5.92 Å². The second-order valence-electron chi connectivity index (χ2n) is 7.73. The number of aliphatic carboxylic acids is 1. The molecular weight excluding hydrogens is 404 g/mol. The summed E-state index contributed by atoms with van der Waals surface area (Å²) in [6.45, 7) is 0.678. The Labute approximate surface area is 187 Å². The second kappa shape index (κ2) is 10.0. The molecule has 0 spiro atoms. The average molecular weight is 431 g/mol. The van der Waals surface area contributed by atoms with E-state index in [1.54, 1.807) is 13.4 Å². The third-order valence-electron chi connectivity index (χ3n) is 5.48. The van der Waals surface area contributed by atoms with Gasteiger partial charge in [0.25, 0.3) is 0 Å². The molecule has 0 bridgehead atoms. The summed E-state index contributed by atoms with van der Waals surface area (Å²) in [7, 11) is 1.56. The van der Waals surface area contributed by atoms with Gasteiger partial charge in [-0.2, -0.15) is 0 Å². The smallest absolute Gasteiger partial charge is 0.307 e. The van der Waals surface area contributed by atoms with Gasteiger partial charge in [0.1, 0.15) is 17.7 Å². The van der Waals surface area contributed by atoms with Gasteiger partial charge in [0, 0.05) is 17.8 Å². The quantitative estimate of drug-likeness (QED) is 0.310. The van der Waals surface area contributed by atoms with E-state index in [4.69, 9.17) is 14.7 Å². The van der Waals surface area contributed by atoms with Crippen LogP contribution in [-0.4, -0.2) is 18.2 Å². The second-order valence-corrected chi connectivity index (χ2v) is 7.73. The number of hydrogen-bond donors (Lipinski definition) is 3. The summed E-state index contributed by atoms with van der Waals surface area (Å²) in [6.07, 6.45) is 2.36. The summed E-state index contributed by atoms with van der Waals surface area (Å²) >= 11 is 0. The number of benzene rings is 3. The molecule has 2 unspecified atom stereocenters. The first kappa shape index (κ1) is 21.5. The summed E-state index contributed by atoms with van der Waals surface area (Å²) in [5, 5.41) is 12.5. The van der Waals surface area contributed by atoms with Gasteiger partial charge in [0.2, 0.25) is 0 Å². The van der Waals surface area contributed by atoms with E-state index in [1.165, 1.54) is 0 Å². The summed E-state index contributed by atoms with van der Waals surface area (Å²) in [6, 6.07) is 25.7. The van der Waals surface area contributed by atoms with Crippen LogP contribution < -0.4 is 15.5 Å². The Morgan fingerprint density at radius 2 is 1.75 bits per heavy atom. The fourth-order valence-electron chi connectivity index (χ4n) is 3.58. The number of carboxylic acid groups (broad SMARTS) is 1. The van der Waals surface area contributed by atoms with Crippen molar-refractivity contribution in [1.82, 2.24) is 5.48 Å². The number of carbonyl (C=O) groups is 1. The first-order chi connectivity index (χ1) is 15.6. The standard InChI is InChI=1S/C26H26N2O4/c1-31-28-25(20-5-3-2-4-6-20)17-32-22-13-7-18(8-14-22)16-27-21-11-9-19(10-12-21)23-15-24(23)26(29)30/h2-14,17,23-24,27-28H,15-16H2,1H3,(H,29,30). The normalized spacial score (nSPS) is 17.5. The molecule has 3 aromatic rings. The minimum Gasteiger partial charge on any atom is -0.481 e. The minimum absolute atomic E-state index is 0.157. The third kappa shape index (κ3) is 5.47. The SMILES string of the molecule is CONC(=COc1ccc(CNc2ccc(C3CC3C(=O)O)cc2)cc1)c1ccccc1. The van der Waals surface area contributed by atoms with Gasteiger partial charge in [-0.3, -0.25) is 15.1 Å². The Morgan fingerprint density at radius 1 is 1.03 bits per heavy atom. The van der Waals surface area contributed by atoms with Gasteiger partial charge in [-0.1, -0.05) is 54.6 Å². The van der Waals surface area contributed by atoms with E-state index >= 15 is 0 Å². The molecule has 6 nitrogen and oxygen atoms in total. The Balaban J connectivity index is 1.30. The maximum atomic E-state index is 11.0. The molecule has 0 amide bonds. The number of ether oxygens (including phenoxy) is 1. The van der Waals surface area contributed by atoms with Crippen LogP contribution in [0.15, 0.2) is 85.1 Å². The molecule has 32 heavy (non-hydrogen) atoms. The van der Waals surface area contributed by atoms with E-state index in [0.717, 1.165) is 40.2 Å². The maximum Gasteiger partial charge on any atom is 0.307 e. The molecule has 0 aliphatic heterocycles. The first-order valence-corrected chi connectivity index (χ1v) is 10.5. The van der Waals surface area contributed by atoms with Gasteiger partial charge in [0.15, 0.2) is 0 Å². The Bertz CT molecular complexity index is 1060. The molecule has 1 aliphatic carbocycles. The van der Waals surface area contributed by atoms with Gasteiger partial charge >= 0.3 is 5.97 Å². The van der Waals surface area contributed by atoms with E-state index in [9.17, 15) is 4.79 Å². The summed E-state index contributed by atoms with van der Waals surface area (Å²) in [5.41, 5.74) is 7.74. The van der Waals surface area contributed by atoms with Gasteiger partial charge < -0.3 is 15.2 Å². The Kier molecular flexibility index (Phi) is 6.72. The van der Waals surface area contributed by atoms with E-state index in [2.05, 4.69) is 10.8 Å². The third-order valence-corrected chi connectivity index (χ3v) is 5.48. The van der Waals surface area contributed by atoms with Gasteiger partial charge in [-0.15, -0.1) is 0 Å². The molecule has 1 fully saturated rings. The lowest BCUT2D eigenvalue weighted by atomic mass is 10.1. The summed E-state index contributed by atoms with van der Waals surface area (Å²) in [4.78, 5) is 16.1. The lowest BCUT2D eigenvalue weighted by Gasteiger charge is -2.10. The van der Waals surface area contributed by atoms with Crippen molar-refractivity contribution in [2.24, 2.45) is 5.92 Å². The largest absolute Gasteiger partial charge is 0.481 e. The molecule has 0 heterocycles. The van der Waals surface area contributed by atoms with Crippen molar-refractivity contribution >= 4 is 17.4 Å². The average Bonchev–Trinajstić information content (AvgIpc) is 3.63. The van der Waals surface area contributed by atoms with Gasteiger partial charge in [-0.05, 0) is 47.7 Å². The van der Waals surface area contributed by atoms with Crippen LogP contribution in [0.25, 0.3) is 5.70 Å². The van der Waals surface area contributed by atoms with Crippen LogP contribution in [0.5, 0.6) is 5.75 Å². The fraction of sp³-hybridized carbons (Fsp3) is 0.192. The molecule has 4 rings (SSSR count). The topological polar surface area (TPSA) is 79.8 Å². The molecule has 164 valence electrons.